The van der Waals surface area contributed by atoms with Gasteiger partial charge >= 0.3 is 5.97 Å². The molecule has 0 radical (unpaired) electrons. The van der Waals surface area contributed by atoms with Crippen LogP contribution in [-0.4, -0.2) is 11.1 Å². The third kappa shape index (κ3) is 2.38. The van der Waals surface area contributed by atoms with E-state index < -0.39 is 5.97 Å². The quantitative estimate of drug-likeness (QED) is 0.818. The van der Waals surface area contributed by atoms with Crippen LogP contribution in [0.2, 0.25) is 0 Å². The van der Waals surface area contributed by atoms with Crippen LogP contribution >= 0.6 is 0 Å². The molecule has 1 saturated carbocycles. The Hall–Kier alpha value is -1.31. The highest BCUT2D eigenvalue weighted by Crippen LogP contribution is 2.43. The highest BCUT2D eigenvalue weighted by molar-refractivity contribution is 5.70. The van der Waals surface area contributed by atoms with Crippen molar-refractivity contribution >= 4 is 5.97 Å². The lowest BCUT2D eigenvalue weighted by molar-refractivity contribution is -0.136. The van der Waals surface area contributed by atoms with E-state index in [1.807, 2.05) is 18.2 Å². The van der Waals surface area contributed by atoms with Crippen LogP contribution in [0.5, 0.6) is 0 Å². The molecule has 1 N–H and O–H groups in total. The van der Waals surface area contributed by atoms with Gasteiger partial charge in [0.1, 0.15) is 0 Å². The molecule has 1 atom stereocenters. The van der Waals surface area contributed by atoms with Crippen LogP contribution in [0, 0.1) is 5.92 Å². The summed E-state index contributed by atoms with van der Waals surface area (Å²) >= 11 is 0. The van der Waals surface area contributed by atoms with Gasteiger partial charge in [-0.1, -0.05) is 31.2 Å². The van der Waals surface area contributed by atoms with E-state index in [-0.39, 0.29) is 6.42 Å². The van der Waals surface area contributed by atoms with Crippen LogP contribution in [0.4, 0.5) is 0 Å². The van der Waals surface area contributed by atoms with E-state index >= 15 is 0 Å². The summed E-state index contributed by atoms with van der Waals surface area (Å²) in [4.78, 5) is 10.7. The van der Waals surface area contributed by atoms with Crippen molar-refractivity contribution in [2.24, 2.45) is 5.92 Å². The Morgan fingerprint density at radius 1 is 1.47 bits per heavy atom. The fraction of sp³-hybridized carbons (Fsp3) is 0.462. The van der Waals surface area contributed by atoms with Crippen LogP contribution in [0.3, 0.4) is 0 Å². The monoisotopic (exact) mass is 204 g/mol. The Labute approximate surface area is 89.9 Å². The standard InChI is InChI=1S/C13H16O2/c1-9(10-6-7-10)12-5-3-2-4-11(12)8-13(14)15/h2-5,9-10H,6-8H2,1H3,(H,14,15). The second kappa shape index (κ2) is 4.05. The molecule has 1 fully saturated rings. The van der Waals surface area contributed by atoms with Crippen molar-refractivity contribution in [1.29, 1.82) is 0 Å². The van der Waals surface area contributed by atoms with Crippen molar-refractivity contribution < 1.29 is 9.90 Å². The highest BCUT2D eigenvalue weighted by Gasteiger charge is 2.30. The van der Waals surface area contributed by atoms with E-state index in [1.165, 1.54) is 18.4 Å². The normalized spacial score (nSPS) is 17.4. The zero-order valence-corrected chi connectivity index (χ0v) is 8.94. The van der Waals surface area contributed by atoms with E-state index in [2.05, 4.69) is 13.0 Å². The topological polar surface area (TPSA) is 37.3 Å². The lowest BCUT2D eigenvalue weighted by Crippen LogP contribution is -2.06. The maximum atomic E-state index is 10.7. The predicted octanol–water partition coefficient (Wildman–Crippen LogP) is 2.83. The number of rotatable bonds is 4. The molecule has 0 aliphatic heterocycles. The summed E-state index contributed by atoms with van der Waals surface area (Å²) in [5.74, 6) is 0.547. The van der Waals surface area contributed by atoms with Gasteiger partial charge in [-0.15, -0.1) is 0 Å². The SMILES string of the molecule is CC(c1ccccc1CC(=O)O)C1CC1. The summed E-state index contributed by atoms with van der Waals surface area (Å²) in [6, 6.07) is 7.92. The first-order chi connectivity index (χ1) is 7.18. The molecule has 0 heterocycles. The molecule has 1 unspecified atom stereocenters. The number of hydrogen-bond acceptors (Lipinski definition) is 1. The molecule has 1 aromatic rings. The minimum absolute atomic E-state index is 0.146. The van der Waals surface area contributed by atoms with Gasteiger partial charge in [0.2, 0.25) is 0 Å². The van der Waals surface area contributed by atoms with Crippen LogP contribution in [0.25, 0.3) is 0 Å². The summed E-state index contributed by atoms with van der Waals surface area (Å²) < 4.78 is 0. The van der Waals surface area contributed by atoms with Gasteiger partial charge in [0, 0.05) is 0 Å². The van der Waals surface area contributed by atoms with Crippen LogP contribution in [-0.2, 0) is 11.2 Å². The smallest absolute Gasteiger partial charge is 0.307 e. The average Bonchev–Trinajstić information content (AvgIpc) is 3.00. The number of carbonyl (C=O) groups is 1. The second-order valence-electron chi connectivity index (χ2n) is 4.40. The Morgan fingerprint density at radius 2 is 2.13 bits per heavy atom. The van der Waals surface area contributed by atoms with Crippen molar-refractivity contribution in [3.8, 4) is 0 Å². The Morgan fingerprint density at radius 3 is 2.73 bits per heavy atom. The first-order valence-corrected chi connectivity index (χ1v) is 5.48. The molecule has 0 aromatic heterocycles. The third-order valence-electron chi connectivity index (χ3n) is 3.22. The van der Waals surface area contributed by atoms with Gasteiger partial charge in [-0.25, -0.2) is 0 Å². The molecule has 0 saturated heterocycles. The van der Waals surface area contributed by atoms with E-state index in [1.54, 1.807) is 0 Å². The first kappa shape index (κ1) is 10.2. The lowest BCUT2D eigenvalue weighted by Gasteiger charge is -2.14. The molecule has 1 aromatic carbocycles. The molecular formula is C13H16O2. The molecule has 80 valence electrons. The van der Waals surface area contributed by atoms with Gasteiger partial charge in [0.25, 0.3) is 0 Å². The van der Waals surface area contributed by atoms with Gasteiger partial charge in [0.15, 0.2) is 0 Å². The number of carboxylic acids is 1. The highest BCUT2D eigenvalue weighted by atomic mass is 16.4. The van der Waals surface area contributed by atoms with Crippen molar-refractivity contribution in [1.82, 2.24) is 0 Å². The average molecular weight is 204 g/mol. The number of aliphatic carboxylic acids is 1. The molecule has 0 amide bonds. The zero-order chi connectivity index (χ0) is 10.8. The molecule has 0 spiro atoms. The van der Waals surface area contributed by atoms with E-state index in [0.717, 1.165) is 11.5 Å². The van der Waals surface area contributed by atoms with Crippen LogP contribution in [0.15, 0.2) is 24.3 Å². The fourth-order valence-electron chi connectivity index (χ4n) is 2.15. The van der Waals surface area contributed by atoms with Gasteiger partial charge in [0.05, 0.1) is 6.42 Å². The van der Waals surface area contributed by atoms with Crippen molar-refractivity contribution in [3.05, 3.63) is 35.4 Å². The predicted molar refractivity (Wildman–Crippen MR) is 58.9 cm³/mol. The van der Waals surface area contributed by atoms with E-state index in [4.69, 9.17) is 5.11 Å². The number of carboxylic acid groups (broad SMARTS) is 1. The van der Waals surface area contributed by atoms with E-state index in [9.17, 15) is 4.79 Å². The molecule has 1 aliphatic carbocycles. The Bertz CT molecular complexity index is 367. The van der Waals surface area contributed by atoms with Gasteiger partial charge in [-0.05, 0) is 35.8 Å². The van der Waals surface area contributed by atoms with Crippen LogP contribution in [0.1, 0.15) is 36.8 Å². The van der Waals surface area contributed by atoms with Crippen LogP contribution < -0.4 is 0 Å². The number of hydrogen-bond donors (Lipinski definition) is 1. The summed E-state index contributed by atoms with van der Waals surface area (Å²) in [6.07, 6.45) is 2.73. The molecule has 15 heavy (non-hydrogen) atoms. The largest absolute Gasteiger partial charge is 0.481 e. The summed E-state index contributed by atoms with van der Waals surface area (Å²) in [5.41, 5.74) is 2.20. The van der Waals surface area contributed by atoms with E-state index in [0.29, 0.717) is 5.92 Å². The summed E-state index contributed by atoms with van der Waals surface area (Å²) in [6.45, 7) is 2.21. The molecule has 2 rings (SSSR count). The summed E-state index contributed by atoms with van der Waals surface area (Å²) in [5, 5.41) is 8.83. The maximum absolute atomic E-state index is 10.7. The Kier molecular flexibility index (Phi) is 2.76. The van der Waals surface area contributed by atoms with Crippen molar-refractivity contribution in [2.75, 3.05) is 0 Å². The molecule has 2 nitrogen and oxygen atoms in total. The third-order valence-corrected chi connectivity index (χ3v) is 3.22. The van der Waals surface area contributed by atoms with Gasteiger partial charge in [-0.2, -0.15) is 0 Å². The molecule has 2 heteroatoms. The maximum Gasteiger partial charge on any atom is 0.307 e. The molecule has 0 bridgehead atoms. The minimum Gasteiger partial charge on any atom is -0.481 e. The Balaban J connectivity index is 2.23. The summed E-state index contributed by atoms with van der Waals surface area (Å²) in [7, 11) is 0. The molecule has 1 aliphatic rings. The minimum atomic E-state index is -0.745. The zero-order valence-electron chi connectivity index (χ0n) is 8.94. The van der Waals surface area contributed by atoms with Crippen molar-refractivity contribution in [2.45, 2.75) is 32.1 Å². The first-order valence-electron chi connectivity index (χ1n) is 5.48. The second-order valence-corrected chi connectivity index (χ2v) is 4.40. The number of benzene rings is 1. The van der Waals surface area contributed by atoms with Gasteiger partial charge < -0.3 is 5.11 Å². The lowest BCUT2D eigenvalue weighted by atomic mass is 9.91. The van der Waals surface area contributed by atoms with Crippen molar-refractivity contribution in [3.63, 3.8) is 0 Å². The van der Waals surface area contributed by atoms with Gasteiger partial charge in [-0.3, -0.25) is 4.79 Å². The fourth-order valence-corrected chi connectivity index (χ4v) is 2.15. The molecular weight excluding hydrogens is 188 g/mol.